The minimum absolute atomic E-state index is 0.0344. The molecule has 114 valence electrons. The van der Waals surface area contributed by atoms with Crippen LogP contribution in [0.15, 0.2) is 24.3 Å². The topological polar surface area (TPSA) is 57.6 Å². The zero-order valence-electron chi connectivity index (χ0n) is 12.3. The smallest absolute Gasteiger partial charge is 0.308 e. The highest BCUT2D eigenvalue weighted by molar-refractivity contribution is 5.81. The Labute approximate surface area is 123 Å². The molecule has 0 spiro atoms. The van der Waals surface area contributed by atoms with Crippen LogP contribution in [0.5, 0.6) is 0 Å². The van der Waals surface area contributed by atoms with E-state index in [9.17, 15) is 14.0 Å². The number of benzene rings is 1. The van der Waals surface area contributed by atoms with Crippen molar-refractivity contribution in [3.05, 3.63) is 35.6 Å². The van der Waals surface area contributed by atoms with E-state index in [1.54, 1.807) is 24.0 Å². The second kappa shape index (κ2) is 6.24. The number of aliphatic carboxylic acids is 1. The van der Waals surface area contributed by atoms with E-state index >= 15 is 0 Å². The first kappa shape index (κ1) is 15.5. The van der Waals surface area contributed by atoms with Gasteiger partial charge in [0.1, 0.15) is 5.82 Å². The van der Waals surface area contributed by atoms with Crippen LogP contribution in [0, 0.1) is 23.6 Å². The Kier molecular flexibility index (Phi) is 4.60. The number of nitrogens with zero attached hydrogens (tertiary/aromatic N) is 1. The molecule has 1 aliphatic rings. The summed E-state index contributed by atoms with van der Waals surface area (Å²) in [5, 5.41) is 9.11. The van der Waals surface area contributed by atoms with Gasteiger partial charge in [-0.1, -0.05) is 26.0 Å². The van der Waals surface area contributed by atoms with Crippen LogP contribution in [0.4, 0.5) is 4.39 Å². The minimum atomic E-state index is -0.851. The fourth-order valence-electron chi connectivity index (χ4n) is 2.88. The molecule has 1 N–H and O–H groups in total. The molecule has 4 nitrogen and oxygen atoms in total. The molecule has 1 heterocycles. The van der Waals surface area contributed by atoms with Crippen molar-refractivity contribution in [2.75, 3.05) is 13.1 Å². The number of rotatable bonds is 4. The molecule has 0 bridgehead atoms. The maximum absolute atomic E-state index is 13.2. The maximum atomic E-state index is 13.2. The monoisotopic (exact) mass is 293 g/mol. The van der Waals surface area contributed by atoms with E-state index in [0.29, 0.717) is 13.0 Å². The summed E-state index contributed by atoms with van der Waals surface area (Å²) in [5.41, 5.74) is 0.776. The zero-order chi connectivity index (χ0) is 15.6. The summed E-state index contributed by atoms with van der Waals surface area (Å²) < 4.78 is 13.2. The van der Waals surface area contributed by atoms with Crippen molar-refractivity contribution < 1.29 is 19.1 Å². The first-order valence-electron chi connectivity index (χ1n) is 7.14. The Hall–Kier alpha value is -1.91. The molecule has 1 saturated heterocycles. The molecule has 2 rings (SSSR count). The van der Waals surface area contributed by atoms with Gasteiger partial charge in [-0.05, 0) is 30.0 Å². The van der Waals surface area contributed by atoms with Gasteiger partial charge in [-0.2, -0.15) is 0 Å². The molecule has 0 radical (unpaired) electrons. The lowest BCUT2D eigenvalue weighted by molar-refractivity contribution is -0.142. The van der Waals surface area contributed by atoms with E-state index in [0.717, 1.165) is 5.56 Å². The summed E-state index contributed by atoms with van der Waals surface area (Å²) in [6.45, 7) is 4.39. The van der Waals surface area contributed by atoms with Gasteiger partial charge in [-0.25, -0.2) is 4.39 Å². The Morgan fingerprint density at radius 3 is 2.71 bits per heavy atom. The fraction of sp³-hybridized carbons (Fsp3) is 0.500. The lowest BCUT2D eigenvalue weighted by Crippen LogP contribution is -2.35. The number of amides is 1. The van der Waals surface area contributed by atoms with E-state index in [2.05, 4.69) is 0 Å². The molecule has 1 aromatic rings. The Bertz CT molecular complexity index is 546. The van der Waals surface area contributed by atoms with Crippen molar-refractivity contribution in [3.63, 3.8) is 0 Å². The van der Waals surface area contributed by atoms with Crippen LogP contribution < -0.4 is 0 Å². The van der Waals surface area contributed by atoms with Gasteiger partial charge in [-0.3, -0.25) is 9.59 Å². The number of hydrogen-bond donors (Lipinski definition) is 1. The number of carboxylic acids is 1. The van der Waals surface area contributed by atoms with E-state index < -0.39 is 11.9 Å². The first-order valence-corrected chi connectivity index (χ1v) is 7.14. The molecule has 1 aromatic carbocycles. The lowest BCUT2D eigenvalue weighted by atomic mass is 9.99. The number of likely N-dealkylation sites (tertiary alicyclic amines) is 1. The van der Waals surface area contributed by atoms with Crippen molar-refractivity contribution in [1.29, 1.82) is 0 Å². The highest BCUT2D eigenvalue weighted by Gasteiger charge is 2.37. The molecule has 0 saturated carbocycles. The molecule has 3 atom stereocenters. The van der Waals surface area contributed by atoms with Crippen LogP contribution in [0.1, 0.15) is 19.4 Å². The van der Waals surface area contributed by atoms with Gasteiger partial charge in [-0.15, -0.1) is 0 Å². The van der Waals surface area contributed by atoms with Crippen molar-refractivity contribution >= 4 is 11.9 Å². The molecular formula is C16H20FNO3. The largest absolute Gasteiger partial charge is 0.481 e. The number of carboxylic acid groups (broad SMARTS) is 1. The molecule has 1 fully saturated rings. The molecule has 0 aromatic heterocycles. The average molecular weight is 293 g/mol. The van der Waals surface area contributed by atoms with E-state index in [4.69, 9.17) is 5.11 Å². The molecule has 1 amide bonds. The summed E-state index contributed by atoms with van der Waals surface area (Å²) in [4.78, 5) is 25.1. The standard InChI is InChI=1S/C16H20FNO3/c1-10(6-12-4-3-5-13(17)7-12)15(19)18-8-11(2)14(9-18)16(20)21/h3-5,7,10-11,14H,6,8-9H2,1-2H3,(H,20,21)/t10?,11-,14-/m1/s1. The van der Waals surface area contributed by atoms with Gasteiger partial charge in [0, 0.05) is 19.0 Å². The van der Waals surface area contributed by atoms with Crippen molar-refractivity contribution in [1.82, 2.24) is 4.90 Å². The van der Waals surface area contributed by atoms with Crippen molar-refractivity contribution in [2.45, 2.75) is 20.3 Å². The number of carbonyl (C=O) groups is 2. The first-order chi connectivity index (χ1) is 9.88. The fourth-order valence-corrected chi connectivity index (χ4v) is 2.88. The number of halogens is 1. The second-order valence-corrected chi connectivity index (χ2v) is 5.90. The average Bonchev–Trinajstić information content (AvgIpc) is 2.80. The van der Waals surface area contributed by atoms with Crippen molar-refractivity contribution in [3.8, 4) is 0 Å². The van der Waals surface area contributed by atoms with E-state index in [1.807, 2.05) is 6.92 Å². The van der Waals surface area contributed by atoms with Crippen molar-refractivity contribution in [2.24, 2.45) is 17.8 Å². The predicted octanol–water partition coefficient (Wildman–Crippen LogP) is 2.18. The SMILES string of the molecule is CC(Cc1cccc(F)c1)C(=O)N1C[C@@H](C)[C@H](C(=O)O)C1. The molecular weight excluding hydrogens is 273 g/mol. The quantitative estimate of drug-likeness (QED) is 0.925. The Morgan fingerprint density at radius 2 is 2.14 bits per heavy atom. The Balaban J connectivity index is 1.99. The lowest BCUT2D eigenvalue weighted by Gasteiger charge is -2.21. The van der Waals surface area contributed by atoms with Crippen LogP contribution in [0.3, 0.4) is 0 Å². The molecule has 0 aliphatic carbocycles. The van der Waals surface area contributed by atoms with Crippen LogP contribution in [-0.2, 0) is 16.0 Å². The maximum Gasteiger partial charge on any atom is 0.308 e. The third-order valence-corrected chi connectivity index (χ3v) is 4.09. The zero-order valence-corrected chi connectivity index (χ0v) is 12.3. The van der Waals surface area contributed by atoms with Gasteiger partial charge in [0.25, 0.3) is 0 Å². The van der Waals surface area contributed by atoms with E-state index in [1.165, 1.54) is 12.1 Å². The van der Waals surface area contributed by atoms with Gasteiger partial charge >= 0.3 is 5.97 Å². The highest BCUT2D eigenvalue weighted by Crippen LogP contribution is 2.25. The Morgan fingerprint density at radius 1 is 1.43 bits per heavy atom. The summed E-state index contributed by atoms with van der Waals surface area (Å²) >= 11 is 0. The van der Waals surface area contributed by atoms with Crippen LogP contribution in [0.2, 0.25) is 0 Å². The molecule has 1 unspecified atom stereocenters. The third-order valence-electron chi connectivity index (χ3n) is 4.09. The summed E-state index contributed by atoms with van der Waals surface area (Å²) in [6.07, 6.45) is 0.458. The van der Waals surface area contributed by atoms with Crippen LogP contribution in [-0.4, -0.2) is 35.0 Å². The summed E-state index contributed by atoms with van der Waals surface area (Å²) in [5.74, 6) is -2.03. The minimum Gasteiger partial charge on any atom is -0.481 e. The third kappa shape index (κ3) is 3.60. The summed E-state index contributed by atoms with van der Waals surface area (Å²) in [7, 11) is 0. The van der Waals surface area contributed by atoms with Gasteiger partial charge in [0.2, 0.25) is 5.91 Å². The molecule has 1 aliphatic heterocycles. The second-order valence-electron chi connectivity index (χ2n) is 5.90. The van der Waals surface area contributed by atoms with Crippen LogP contribution in [0.25, 0.3) is 0 Å². The predicted molar refractivity (Wildman–Crippen MR) is 76.1 cm³/mol. The molecule has 21 heavy (non-hydrogen) atoms. The van der Waals surface area contributed by atoms with Gasteiger partial charge < -0.3 is 10.0 Å². The number of hydrogen-bond acceptors (Lipinski definition) is 2. The van der Waals surface area contributed by atoms with Gasteiger partial charge in [0.05, 0.1) is 5.92 Å². The van der Waals surface area contributed by atoms with E-state index in [-0.39, 0.29) is 30.1 Å². The summed E-state index contributed by atoms with van der Waals surface area (Å²) in [6, 6.07) is 6.21. The van der Waals surface area contributed by atoms with Crippen LogP contribution >= 0.6 is 0 Å². The molecule has 5 heteroatoms. The highest BCUT2D eigenvalue weighted by atomic mass is 19.1. The normalized spacial score (nSPS) is 23.1. The van der Waals surface area contributed by atoms with Gasteiger partial charge in [0.15, 0.2) is 0 Å². The number of carbonyl (C=O) groups excluding carboxylic acids is 1.